The summed E-state index contributed by atoms with van der Waals surface area (Å²) in [4.78, 5) is 18.5. The van der Waals surface area contributed by atoms with Crippen LogP contribution in [-0.4, -0.2) is 48.6 Å². The zero-order chi connectivity index (χ0) is 14.2. The maximum Gasteiger partial charge on any atom is 0.224 e. The van der Waals surface area contributed by atoms with Gasteiger partial charge in [0.25, 0.3) is 0 Å². The van der Waals surface area contributed by atoms with Crippen molar-refractivity contribution in [2.45, 2.75) is 31.8 Å². The molecule has 0 saturated carbocycles. The minimum absolute atomic E-state index is 0.173. The highest BCUT2D eigenvalue weighted by Gasteiger charge is 2.21. The van der Waals surface area contributed by atoms with Gasteiger partial charge in [0, 0.05) is 32.3 Å². The molecular formula is C15H23N3O2. The van der Waals surface area contributed by atoms with Gasteiger partial charge in [-0.25, -0.2) is 0 Å². The van der Waals surface area contributed by atoms with Crippen LogP contribution in [0.3, 0.4) is 0 Å². The molecule has 1 fully saturated rings. The lowest BCUT2D eigenvalue weighted by Crippen LogP contribution is -2.37. The Balaban J connectivity index is 1.92. The van der Waals surface area contributed by atoms with E-state index in [4.69, 9.17) is 4.74 Å². The van der Waals surface area contributed by atoms with Crippen LogP contribution in [-0.2, 0) is 16.1 Å². The Labute approximate surface area is 120 Å². The summed E-state index contributed by atoms with van der Waals surface area (Å²) >= 11 is 0. The van der Waals surface area contributed by atoms with E-state index in [2.05, 4.69) is 10.3 Å². The van der Waals surface area contributed by atoms with Gasteiger partial charge in [0.2, 0.25) is 5.91 Å². The monoisotopic (exact) mass is 277 g/mol. The molecule has 5 nitrogen and oxygen atoms in total. The molecule has 1 aromatic rings. The van der Waals surface area contributed by atoms with Crippen LogP contribution in [0.1, 0.15) is 25.0 Å². The van der Waals surface area contributed by atoms with Gasteiger partial charge in [0.1, 0.15) is 0 Å². The zero-order valence-electron chi connectivity index (χ0n) is 12.0. The Bertz CT molecular complexity index is 405. The van der Waals surface area contributed by atoms with Gasteiger partial charge in [-0.15, -0.1) is 0 Å². The van der Waals surface area contributed by atoms with Crippen molar-refractivity contribution in [1.82, 2.24) is 15.2 Å². The van der Waals surface area contributed by atoms with Crippen LogP contribution in [0.25, 0.3) is 0 Å². The Morgan fingerprint density at radius 2 is 2.45 bits per heavy atom. The average molecular weight is 277 g/mol. The Kier molecular flexibility index (Phi) is 5.95. The number of nitrogens with zero attached hydrogens (tertiary/aromatic N) is 2. The molecule has 1 aromatic heterocycles. The van der Waals surface area contributed by atoms with Crippen molar-refractivity contribution in [3.05, 3.63) is 30.1 Å². The lowest BCUT2D eigenvalue weighted by Gasteiger charge is -2.23. The molecule has 0 radical (unpaired) electrons. The first kappa shape index (κ1) is 14.9. The molecule has 1 N–H and O–H groups in total. The topological polar surface area (TPSA) is 54.5 Å². The largest absolute Gasteiger partial charge is 0.383 e. The van der Waals surface area contributed by atoms with Crippen LogP contribution < -0.4 is 5.32 Å². The van der Waals surface area contributed by atoms with Crippen molar-refractivity contribution >= 4 is 5.91 Å². The average Bonchev–Trinajstić information content (AvgIpc) is 2.97. The van der Waals surface area contributed by atoms with Gasteiger partial charge in [-0.1, -0.05) is 6.07 Å². The predicted molar refractivity (Wildman–Crippen MR) is 77.2 cm³/mol. The maximum atomic E-state index is 12.4. The molecule has 110 valence electrons. The smallest absolute Gasteiger partial charge is 0.224 e. The van der Waals surface area contributed by atoms with Gasteiger partial charge >= 0.3 is 0 Å². The molecular weight excluding hydrogens is 254 g/mol. The van der Waals surface area contributed by atoms with Crippen molar-refractivity contribution in [2.75, 3.05) is 26.8 Å². The fourth-order valence-corrected chi connectivity index (χ4v) is 2.45. The third-order valence-electron chi connectivity index (χ3n) is 3.58. The zero-order valence-corrected chi connectivity index (χ0v) is 12.0. The van der Waals surface area contributed by atoms with Gasteiger partial charge in [-0.2, -0.15) is 0 Å². The Hall–Kier alpha value is -1.46. The molecule has 0 spiro atoms. The summed E-state index contributed by atoms with van der Waals surface area (Å²) in [6.45, 7) is 2.74. The van der Waals surface area contributed by atoms with Gasteiger partial charge < -0.3 is 15.0 Å². The van der Waals surface area contributed by atoms with Crippen LogP contribution in [0.2, 0.25) is 0 Å². The maximum absolute atomic E-state index is 12.4. The van der Waals surface area contributed by atoms with Crippen molar-refractivity contribution in [2.24, 2.45) is 0 Å². The number of nitrogens with one attached hydrogen (secondary N) is 1. The summed E-state index contributed by atoms with van der Waals surface area (Å²) in [6.07, 6.45) is 4.58. The molecule has 1 aliphatic rings. The van der Waals surface area contributed by atoms with Crippen LogP contribution in [0.15, 0.2) is 24.4 Å². The summed E-state index contributed by atoms with van der Waals surface area (Å²) in [5, 5.41) is 3.37. The molecule has 1 aliphatic heterocycles. The molecule has 0 unspecified atom stereocenters. The van der Waals surface area contributed by atoms with E-state index in [0.717, 1.165) is 25.1 Å². The first-order valence-electron chi connectivity index (χ1n) is 7.19. The Morgan fingerprint density at radius 3 is 3.10 bits per heavy atom. The molecule has 1 amide bonds. The second-order valence-electron chi connectivity index (χ2n) is 5.13. The SMILES string of the molecule is COCCN(Cc1ccccn1)C(=O)C[C@H]1CCCN1. The van der Waals surface area contributed by atoms with E-state index in [1.165, 1.54) is 0 Å². The standard InChI is InChI=1S/C15H23N3O2/c1-20-10-9-18(12-14-5-2-3-7-17-14)15(19)11-13-6-4-8-16-13/h2-3,5,7,13,16H,4,6,8-12H2,1H3/t13-/m1/s1. The first-order chi connectivity index (χ1) is 9.79. The van der Waals surface area contributed by atoms with Gasteiger partial charge in [0.15, 0.2) is 0 Å². The van der Waals surface area contributed by atoms with E-state index in [0.29, 0.717) is 32.2 Å². The number of pyridine rings is 1. The molecule has 0 bridgehead atoms. The summed E-state index contributed by atoms with van der Waals surface area (Å²) in [7, 11) is 1.65. The number of ether oxygens (including phenoxy) is 1. The number of aromatic nitrogens is 1. The second-order valence-corrected chi connectivity index (χ2v) is 5.13. The van der Waals surface area contributed by atoms with Gasteiger partial charge in [-0.3, -0.25) is 9.78 Å². The first-order valence-corrected chi connectivity index (χ1v) is 7.19. The van der Waals surface area contributed by atoms with Crippen LogP contribution in [0, 0.1) is 0 Å². The molecule has 1 saturated heterocycles. The number of amides is 1. The number of methoxy groups -OCH3 is 1. The summed E-state index contributed by atoms with van der Waals surface area (Å²) in [5.74, 6) is 0.173. The quantitative estimate of drug-likeness (QED) is 0.813. The second kappa shape index (κ2) is 7.97. The normalized spacial score (nSPS) is 18.1. The van der Waals surface area contributed by atoms with E-state index in [-0.39, 0.29) is 5.91 Å². The van der Waals surface area contributed by atoms with E-state index in [9.17, 15) is 4.79 Å². The minimum Gasteiger partial charge on any atom is -0.383 e. The van der Waals surface area contributed by atoms with Crippen molar-refractivity contribution in [3.8, 4) is 0 Å². The fourth-order valence-electron chi connectivity index (χ4n) is 2.45. The minimum atomic E-state index is 0.173. The Morgan fingerprint density at radius 1 is 1.55 bits per heavy atom. The molecule has 2 rings (SSSR count). The van der Waals surface area contributed by atoms with Gasteiger partial charge in [0.05, 0.1) is 18.8 Å². The highest BCUT2D eigenvalue weighted by molar-refractivity contribution is 5.76. The van der Waals surface area contributed by atoms with Crippen LogP contribution in [0.4, 0.5) is 0 Å². The summed E-state index contributed by atoms with van der Waals surface area (Å²) in [6, 6.07) is 6.10. The van der Waals surface area contributed by atoms with Crippen LogP contribution >= 0.6 is 0 Å². The van der Waals surface area contributed by atoms with Crippen molar-refractivity contribution in [1.29, 1.82) is 0 Å². The number of hydrogen-bond donors (Lipinski definition) is 1. The summed E-state index contributed by atoms with van der Waals surface area (Å²) in [5.41, 5.74) is 0.913. The lowest BCUT2D eigenvalue weighted by molar-refractivity contribution is -0.133. The van der Waals surface area contributed by atoms with Crippen molar-refractivity contribution in [3.63, 3.8) is 0 Å². The van der Waals surface area contributed by atoms with Crippen LogP contribution in [0.5, 0.6) is 0 Å². The number of carbonyl (C=O) groups is 1. The third kappa shape index (κ3) is 4.58. The van der Waals surface area contributed by atoms with E-state index in [1.54, 1.807) is 13.3 Å². The summed E-state index contributed by atoms with van der Waals surface area (Å²) < 4.78 is 5.10. The highest BCUT2D eigenvalue weighted by atomic mass is 16.5. The number of carbonyl (C=O) groups excluding carboxylic acids is 1. The highest BCUT2D eigenvalue weighted by Crippen LogP contribution is 2.12. The lowest BCUT2D eigenvalue weighted by atomic mass is 10.1. The van der Waals surface area contributed by atoms with Gasteiger partial charge in [-0.05, 0) is 31.5 Å². The molecule has 20 heavy (non-hydrogen) atoms. The molecule has 5 heteroatoms. The fraction of sp³-hybridized carbons (Fsp3) is 0.600. The van der Waals surface area contributed by atoms with E-state index in [1.807, 2.05) is 23.1 Å². The van der Waals surface area contributed by atoms with Crippen molar-refractivity contribution < 1.29 is 9.53 Å². The number of hydrogen-bond acceptors (Lipinski definition) is 4. The molecule has 1 atom stereocenters. The number of rotatable bonds is 7. The molecule has 0 aliphatic carbocycles. The predicted octanol–water partition coefficient (Wildman–Crippen LogP) is 1.20. The van der Waals surface area contributed by atoms with E-state index < -0.39 is 0 Å². The third-order valence-corrected chi connectivity index (χ3v) is 3.58. The molecule has 2 heterocycles. The molecule has 0 aromatic carbocycles. The van der Waals surface area contributed by atoms with E-state index >= 15 is 0 Å².